The fourth-order valence-corrected chi connectivity index (χ4v) is 16.1. The molecule has 0 spiro atoms. The standard InChI is InChI=1S/C42H68O10Si2/c1-14-53(15-2,16-3)51-31-25-32(48-13)41(12,50-28(8)43)35-37(49-38(46)29-23-21-20-22-24-29)42(47)26-30(44)27(7)33(39(42,9)10)34(36(45)40(31,35)11)52-54(17-4,18-5)19-6/h20-24,30-32,34-35,37,44,47H,14-19,25-26H2,1-13H3/t30-,31-,32+,34+,35-,37-,40+,41-,42+/m0/s1. The lowest BCUT2D eigenvalue weighted by Crippen LogP contribution is -2.78. The summed E-state index contributed by atoms with van der Waals surface area (Å²) < 4.78 is 34.0. The minimum atomic E-state index is -2.57. The highest BCUT2D eigenvalue weighted by Crippen LogP contribution is 2.63. The molecule has 304 valence electrons. The van der Waals surface area contributed by atoms with E-state index in [0.29, 0.717) is 11.1 Å². The van der Waals surface area contributed by atoms with Crippen LogP contribution in [-0.2, 0) is 32.7 Å². The second kappa shape index (κ2) is 16.3. The first-order chi connectivity index (χ1) is 25.2. The molecule has 2 bridgehead atoms. The molecule has 1 aromatic carbocycles. The molecule has 0 unspecified atom stereocenters. The van der Waals surface area contributed by atoms with Gasteiger partial charge in [0.15, 0.2) is 22.4 Å². The van der Waals surface area contributed by atoms with E-state index in [9.17, 15) is 19.8 Å². The first-order valence-electron chi connectivity index (χ1n) is 20.2. The van der Waals surface area contributed by atoms with Crippen molar-refractivity contribution >= 4 is 34.4 Å². The molecule has 12 heteroatoms. The van der Waals surface area contributed by atoms with Crippen LogP contribution in [0.25, 0.3) is 0 Å². The van der Waals surface area contributed by atoms with Gasteiger partial charge in [-0.05, 0) is 80.3 Å². The van der Waals surface area contributed by atoms with E-state index in [4.69, 9.17) is 23.1 Å². The molecule has 2 fully saturated rings. The number of ether oxygens (including phenoxy) is 3. The van der Waals surface area contributed by atoms with Crippen LogP contribution in [-0.4, -0.2) is 93.4 Å². The zero-order valence-electron chi connectivity index (χ0n) is 35.2. The van der Waals surface area contributed by atoms with Crippen molar-refractivity contribution in [2.45, 2.75) is 174 Å². The van der Waals surface area contributed by atoms with Gasteiger partial charge in [0, 0.05) is 32.3 Å². The van der Waals surface area contributed by atoms with Crippen molar-refractivity contribution in [2.24, 2.45) is 16.7 Å². The fraction of sp³-hybridized carbons (Fsp3) is 0.738. The topological polar surface area (TPSA) is 138 Å². The van der Waals surface area contributed by atoms with Crippen LogP contribution in [0.15, 0.2) is 41.5 Å². The quantitative estimate of drug-likeness (QED) is 0.109. The fourth-order valence-electron chi connectivity index (χ4n) is 10.4. The molecular weight excluding hydrogens is 721 g/mol. The van der Waals surface area contributed by atoms with Crippen molar-refractivity contribution in [2.75, 3.05) is 7.11 Å². The van der Waals surface area contributed by atoms with E-state index < -0.39 is 87.0 Å². The van der Waals surface area contributed by atoms with Crippen molar-refractivity contribution in [3.8, 4) is 0 Å². The van der Waals surface area contributed by atoms with E-state index in [-0.39, 0.29) is 24.2 Å². The first kappa shape index (κ1) is 44.5. The Morgan fingerprint density at radius 3 is 1.85 bits per heavy atom. The summed E-state index contributed by atoms with van der Waals surface area (Å²) in [5.41, 5.74) is -5.13. The number of carbonyl (C=O) groups is 3. The van der Waals surface area contributed by atoms with Gasteiger partial charge < -0.3 is 33.3 Å². The third-order valence-electron chi connectivity index (χ3n) is 14.5. The molecule has 0 heterocycles. The van der Waals surface area contributed by atoms with Gasteiger partial charge in [-0.25, -0.2) is 4.79 Å². The Bertz CT molecular complexity index is 1540. The van der Waals surface area contributed by atoms with Gasteiger partial charge in [-0.1, -0.05) is 73.6 Å². The van der Waals surface area contributed by atoms with Gasteiger partial charge in [0.25, 0.3) is 0 Å². The molecule has 2 N–H and O–H groups in total. The number of carbonyl (C=O) groups excluding carboxylic acids is 3. The van der Waals surface area contributed by atoms with Gasteiger partial charge in [-0.3, -0.25) is 9.59 Å². The molecule has 2 saturated carbocycles. The number of fused-ring (bicyclic) bond motifs is 3. The number of ketones is 1. The number of rotatable bonds is 14. The Balaban J connectivity index is 2.23. The van der Waals surface area contributed by atoms with Crippen LogP contribution in [0.4, 0.5) is 0 Å². The Morgan fingerprint density at radius 1 is 0.852 bits per heavy atom. The molecule has 54 heavy (non-hydrogen) atoms. The molecule has 0 aliphatic heterocycles. The third-order valence-corrected chi connectivity index (χ3v) is 23.8. The van der Waals surface area contributed by atoms with Crippen molar-refractivity contribution < 1.29 is 47.7 Å². The summed E-state index contributed by atoms with van der Waals surface area (Å²) in [6, 6.07) is 13.2. The molecule has 0 radical (unpaired) electrons. The largest absolute Gasteiger partial charge is 0.456 e. The van der Waals surface area contributed by atoms with Crippen LogP contribution < -0.4 is 0 Å². The van der Waals surface area contributed by atoms with Gasteiger partial charge in [-0.15, -0.1) is 0 Å². The van der Waals surface area contributed by atoms with E-state index in [1.807, 2.05) is 27.7 Å². The Hall–Kier alpha value is -2.20. The minimum absolute atomic E-state index is 0.204. The van der Waals surface area contributed by atoms with Gasteiger partial charge in [-0.2, -0.15) is 0 Å². The van der Waals surface area contributed by atoms with E-state index in [2.05, 4.69) is 41.5 Å². The molecule has 0 aromatic heterocycles. The molecular formula is C42H68O10Si2. The second-order valence-electron chi connectivity index (χ2n) is 17.0. The molecule has 0 amide bonds. The Labute approximate surface area is 326 Å². The predicted molar refractivity (Wildman–Crippen MR) is 214 cm³/mol. The highest BCUT2D eigenvalue weighted by atomic mass is 28.4. The summed E-state index contributed by atoms with van der Waals surface area (Å²) in [6.45, 7) is 23.1. The first-order valence-corrected chi connectivity index (χ1v) is 25.3. The lowest BCUT2D eigenvalue weighted by Gasteiger charge is -2.65. The number of aliphatic hydroxyl groups excluding tert-OH is 1. The number of hydrogen-bond acceptors (Lipinski definition) is 10. The highest BCUT2D eigenvalue weighted by molar-refractivity contribution is 6.74. The summed E-state index contributed by atoms with van der Waals surface area (Å²) in [5, 5.41) is 25.6. The Morgan fingerprint density at radius 2 is 1.37 bits per heavy atom. The minimum Gasteiger partial charge on any atom is -0.456 e. The molecule has 10 nitrogen and oxygen atoms in total. The molecule has 3 aliphatic carbocycles. The van der Waals surface area contributed by atoms with Crippen LogP contribution in [0.2, 0.25) is 36.3 Å². The number of esters is 2. The van der Waals surface area contributed by atoms with E-state index in [0.717, 1.165) is 36.3 Å². The lowest BCUT2D eigenvalue weighted by molar-refractivity contribution is -0.280. The number of methoxy groups -OCH3 is 1. The molecule has 0 saturated heterocycles. The zero-order valence-corrected chi connectivity index (χ0v) is 37.2. The van der Waals surface area contributed by atoms with Crippen molar-refractivity contribution in [3.63, 3.8) is 0 Å². The second-order valence-corrected chi connectivity index (χ2v) is 26.5. The van der Waals surface area contributed by atoms with Crippen molar-refractivity contribution in [1.82, 2.24) is 0 Å². The van der Waals surface area contributed by atoms with E-state index in [1.165, 1.54) is 14.0 Å². The highest BCUT2D eigenvalue weighted by Gasteiger charge is 2.75. The van der Waals surface area contributed by atoms with Crippen LogP contribution in [0.1, 0.15) is 106 Å². The summed E-state index contributed by atoms with van der Waals surface area (Å²) in [5.74, 6) is -2.83. The number of aliphatic hydroxyl groups is 2. The van der Waals surface area contributed by atoms with Crippen LogP contribution in [0.3, 0.4) is 0 Å². The summed E-state index contributed by atoms with van der Waals surface area (Å²) >= 11 is 0. The lowest BCUT2D eigenvalue weighted by atomic mass is 9.45. The van der Waals surface area contributed by atoms with E-state index >= 15 is 4.79 Å². The number of benzene rings is 1. The zero-order chi connectivity index (χ0) is 40.7. The molecule has 9 atom stereocenters. The third kappa shape index (κ3) is 7.15. The summed E-state index contributed by atoms with van der Waals surface area (Å²) in [7, 11) is -3.51. The maximum absolute atomic E-state index is 16.4. The number of hydrogen-bond donors (Lipinski definition) is 2. The van der Waals surface area contributed by atoms with Gasteiger partial charge >= 0.3 is 11.9 Å². The van der Waals surface area contributed by atoms with Gasteiger partial charge in [0.05, 0.1) is 35.2 Å². The normalized spacial score (nSPS) is 34.1. The summed E-state index contributed by atoms with van der Waals surface area (Å²) in [4.78, 5) is 44.0. The van der Waals surface area contributed by atoms with Crippen molar-refractivity contribution in [3.05, 3.63) is 47.0 Å². The Kier molecular flexibility index (Phi) is 13.5. The van der Waals surface area contributed by atoms with Crippen LogP contribution in [0.5, 0.6) is 0 Å². The summed E-state index contributed by atoms with van der Waals surface area (Å²) in [6.07, 6.45) is -5.43. The number of Topliss-reactive ketones (excluding diaryl/α,β-unsaturated/α-hetero) is 1. The average molecular weight is 789 g/mol. The van der Waals surface area contributed by atoms with Gasteiger partial charge in [0.1, 0.15) is 23.4 Å². The predicted octanol–water partition coefficient (Wildman–Crippen LogP) is 7.78. The monoisotopic (exact) mass is 788 g/mol. The van der Waals surface area contributed by atoms with Crippen LogP contribution >= 0.6 is 0 Å². The van der Waals surface area contributed by atoms with E-state index in [1.54, 1.807) is 37.3 Å². The maximum Gasteiger partial charge on any atom is 0.338 e. The van der Waals surface area contributed by atoms with Crippen molar-refractivity contribution in [1.29, 1.82) is 0 Å². The molecule has 1 aromatic rings. The smallest absolute Gasteiger partial charge is 0.338 e. The molecule has 4 rings (SSSR count). The SMILES string of the molecule is CC[Si](CC)(CC)O[C@H]1C(=O)[C@]2(C)[C@@H](O[Si](CC)(CC)CC)C[C@@H](OC)[C@](C)(OC(C)=O)[C@H]2[C@H](OC(=O)c2ccccc2)[C@]2(O)C[C@H](O)C(C)=C1C2(C)C. The van der Waals surface area contributed by atoms with Crippen LogP contribution in [0, 0.1) is 16.7 Å². The van der Waals surface area contributed by atoms with Gasteiger partial charge in [0.2, 0.25) is 0 Å². The maximum atomic E-state index is 16.4. The molecule has 3 aliphatic rings. The average Bonchev–Trinajstić information content (AvgIpc) is 3.14.